The maximum atomic E-state index is 11.1. The van der Waals surface area contributed by atoms with Gasteiger partial charge in [-0.2, -0.15) is 0 Å². The Morgan fingerprint density at radius 3 is 2.47 bits per heavy atom. The van der Waals surface area contributed by atoms with Crippen LogP contribution in [0, 0.1) is 0 Å². The number of carbonyl (C=O) groups is 1. The molecule has 1 aliphatic rings. The highest BCUT2D eigenvalue weighted by Gasteiger charge is 2.21. The van der Waals surface area contributed by atoms with E-state index in [1.807, 2.05) is 4.90 Å². The van der Waals surface area contributed by atoms with Crippen molar-refractivity contribution in [3.05, 3.63) is 0 Å². The monoisotopic (exact) mass is 237 g/mol. The molecule has 1 fully saturated rings. The Balaban J connectivity index is 2.22. The summed E-state index contributed by atoms with van der Waals surface area (Å²) in [6.45, 7) is 0.811. The minimum absolute atomic E-state index is 0.155. The van der Waals surface area contributed by atoms with Crippen LogP contribution in [0.3, 0.4) is 0 Å². The van der Waals surface area contributed by atoms with Gasteiger partial charge in [0.25, 0.3) is 0 Å². The van der Waals surface area contributed by atoms with E-state index >= 15 is 0 Å². The first-order valence-electron chi connectivity index (χ1n) is 4.73. The molecule has 0 aromatic rings. The smallest absolute Gasteiger partial charge is 0.309 e. The lowest BCUT2D eigenvalue weighted by Gasteiger charge is -2.25. The molecule has 88 valence electrons. The first-order chi connectivity index (χ1) is 7.03. The van der Waals surface area contributed by atoms with E-state index in [1.54, 1.807) is 0 Å². The molecule has 0 unspecified atom stereocenters. The number of hydrogen-bond donors (Lipinski definition) is 1. The molecule has 0 spiro atoms. The lowest BCUT2D eigenvalue weighted by Crippen LogP contribution is -2.41. The fraction of sp³-hybridized carbons (Fsp3) is 0.875. The van der Waals surface area contributed by atoms with Crippen molar-refractivity contribution < 1.29 is 23.1 Å². The molecule has 0 aliphatic carbocycles. The van der Waals surface area contributed by atoms with Gasteiger partial charge in [0.15, 0.2) is 16.6 Å². The Kier molecular flexibility index (Phi) is 4.49. The number of sulfone groups is 1. The van der Waals surface area contributed by atoms with Crippen LogP contribution < -0.4 is 0 Å². The molecule has 1 saturated heterocycles. The van der Waals surface area contributed by atoms with E-state index in [0.717, 1.165) is 0 Å². The second-order valence-electron chi connectivity index (χ2n) is 3.39. The van der Waals surface area contributed by atoms with E-state index in [4.69, 9.17) is 5.11 Å². The molecule has 1 rings (SSSR count). The third-order valence-electron chi connectivity index (χ3n) is 2.29. The number of aliphatic hydroxyl groups is 1. The summed E-state index contributed by atoms with van der Waals surface area (Å²) < 4.78 is 26.5. The summed E-state index contributed by atoms with van der Waals surface area (Å²) in [5.74, 6) is -0.157. The highest BCUT2D eigenvalue weighted by molar-refractivity contribution is 7.91. The highest BCUT2D eigenvalue weighted by Crippen LogP contribution is 2.04. The maximum absolute atomic E-state index is 11.1. The second kappa shape index (κ2) is 5.43. The van der Waals surface area contributed by atoms with Crippen LogP contribution in [0.5, 0.6) is 0 Å². The van der Waals surface area contributed by atoms with E-state index in [2.05, 4.69) is 4.74 Å². The normalized spacial score (nSPS) is 21.1. The third-order valence-corrected chi connectivity index (χ3v) is 3.90. The molecule has 0 radical (unpaired) electrons. The van der Waals surface area contributed by atoms with Gasteiger partial charge in [0.05, 0.1) is 17.9 Å². The van der Waals surface area contributed by atoms with Crippen LogP contribution in [0.2, 0.25) is 0 Å². The van der Waals surface area contributed by atoms with Gasteiger partial charge in [-0.25, -0.2) is 8.42 Å². The van der Waals surface area contributed by atoms with Gasteiger partial charge >= 0.3 is 5.97 Å². The van der Waals surface area contributed by atoms with Crippen LogP contribution in [0.15, 0.2) is 0 Å². The van der Waals surface area contributed by atoms with Crippen molar-refractivity contribution in [2.75, 3.05) is 37.9 Å². The number of carbonyl (C=O) groups excluding carboxylic acids is 1. The predicted octanol–water partition coefficient (Wildman–Crippen LogP) is -1.40. The Morgan fingerprint density at radius 1 is 1.33 bits per heavy atom. The number of rotatable bonds is 4. The Labute approximate surface area is 88.7 Å². The van der Waals surface area contributed by atoms with Gasteiger partial charge in [-0.3, -0.25) is 4.79 Å². The standard InChI is InChI=1S/C8H15NO5S/c10-7-14-8(11)1-2-9-3-5-15(12,13)6-4-9/h10H,1-7H2. The molecule has 0 bridgehead atoms. The lowest BCUT2D eigenvalue weighted by molar-refractivity contribution is -0.152. The van der Waals surface area contributed by atoms with Crippen molar-refractivity contribution in [3.63, 3.8) is 0 Å². The summed E-state index contributed by atoms with van der Waals surface area (Å²) in [4.78, 5) is 12.8. The average Bonchev–Trinajstić information content (AvgIpc) is 2.17. The van der Waals surface area contributed by atoms with Gasteiger partial charge in [-0.05, 0) is 0 Å². The summed E-state index contributed by atoms with van der Waals surface area (Å²) in [5, 5.41) is 8.31. The zero-order valence-electron chi connectivity index (χ0n) is 8.39. The van der Waals surface area contributed by atoms with Gasteiger partial charge in [-0.1, -0.05) is 0 Å². The number of ether oxygens (including phenoxy) is 1. The number of hydrogen-bond acceptors (Lipinski definition) is 6. The van der Waals surface area contributed by atoms with Crippen LogP contribution in [0.25, 0.3) is 0 Å². The average molecular weight is 237 g/mol. The lowest BCUT2D eigenvalue weighted by atomic mass is 10.4. The fourth-order valence-electron chi connectivity index (χ4n) is 1.37. The molecular weight excluding hydrogens is 222 g/mol. The van der Waals surface area contributed by atoms with E-state index in [9.17, 15) is 13.2 Å². The van der Waals surface area contributed by atoms with E-state index in [0.29, 0.717) is 19.6 Å². The molecule has 0 saturated carbocycles. The number of esters is 1. The van der Waals surface area contributed by atoms with Crippen molar-refractivity contribution in [1.29, 1.82) is 0 Å². The van der Waals surface area contributed by atoms with Crippen LogP contribution >= 0.6 is 0 Å². The fourth-order valence-corrected chi connectivity index (χ4v) is 2.64. The molecule has 1 aliphatic heterocycles. The molecule has 0 amide bonds. The minimum Gasteiger partial charge on any atom is -0.439 e. The molecular formula is C8H15NO5S. The van der Waals surface area contributed by atoms with Gasteiger partial charge in [0.2, 0.25) is 0 Å². The van der Waals surface area contributed by atoms with E-state index in [-0.39, 0.29) is 17.9 Å². The van der Waals surface area contributed by atoms with Crippen molar-refractivity contribution in [2.24, 2.45) is 0 Å². The van der Waals surface area contributed by atoms with Crippen molar-refractivity contribution in [3.8, 4) is 0 Å². The zero-order chi connectivity index (χ0) is 11.3. The first kappa shape index (κ1) is 12.4. The summed E-state index contributed by atoms with van der Waals surface area (Å²) in [6.07, 6.45) is 0.181. The topological polar surface area (TPSA) is 83.9 Å². The van der Waals surface area contributed by atoms with Crippen LogP contribution in [-0.2, 0) is 19.4 Å². The molecule has 0 atom stereocenters. The van der Waals surface area contributed by atoms with Gasteiger partial charge < -0.3 is 14.7 Å². The molecule has 0 aromatic carbocycles. The van der Waals surface area contributed by atoms with Gasteiger partial charge in [0, 0.05) is 19.6 Å². The van der Waals surface area contributed by atoms with Crippen LogP contribution in [0.4, 0.5) is 0 Å². The van der Waals surface area contributed by atoms with Gasteiger partial charge in [-0.15, -0.1) is 0 Å². The predicted molar refractivity (Wildman–Crippen MR) is 52.9 cm³/mol. The minimum atomic E-state index is -2.86. The molecule has 1 N–H and O–H groups in total. The molecule has 0 aromatic heterocycles. The third kappa shape index (κ3) is 4.59. The summed E-state index contributed by atoms with van der Waals surface area (Å²) in [6, 6.07) is 0. The Hall–Kier alpha value is -0.660. The zero-order valence-corrected chi connectivity index (χ0v) is 9.20. The van der Waals surface area contributed by atoms with Crippen molar-refractivity contribution in [1.82, 2.24) is 4.90 Å². The molecule has 7 heteroatoms. The van der Waals surface area contributed by atoms with E-state index < -0.39 is 22.6 Å². The largest absolute Gasteiger partial charge is 0.439 e. The molecule has 6 nitrogen and oxygen atoms in total. The summed E-state index contributed by atoms with van der Waals surface area (Å²) in [7, 11) is -2.86. The van der Waals surface area contributed by atoms with Gasteiger partial charge in [0.1, 0.15) is 0 Å². The maximum Gasteiger partial charge on any atom is 0.309 e. The van der Waals surface area contributed by atoms with Crippen LogP contribution in [-0.4, -0.2) is 62.3 Å². The second-order valence-corrected chi connectivity index (χ2v) is 5.69. The van der Waals surface area contributed by atoms with Crippen LogP contribution in [0.1, 0.15) is 6.42 Å². The molecule has 15 heavy (non-hydrogen) atoms. The quantitative estimate of drug-likeness (QED) is 0.478. The Morgan fingerprint density at radius 2 is 1.93 bits per heavy atom. The highest BCUT2D eigenvalue weighted by atomic mass is 32.2. The summed E-state index contributed by atoms with van der Waals surface area (Å²) >= 11 is 0. The number of nitrogens with zero attached hydrogens (tertiary/aromatic N) is 1. The van der Waals surface area contributed by atoms with Crippen molar-refractivity contribution >= 4 is 15.8 Å². The van der Waals surface area contributed by atoms with E-state index in [1.165, 1.54) is 0 Å². The Bertz CT molecular complexity index is 299. The summed E-state index contributed by atoms with van der Waals surface area (Å²) in [5.41, 5.74) is 0. The number of aliphatic hydroxyl groups excluding tert-OH is 1. The SMILES string of the molecule is O=C(CCN1CCS(=O)(=O)CC1)OCO. The first-order valence-corrected chi connectivity index (χ1v) is 6.55. The molecule has 1 heterocycles. The van der Waals surface area contributed by atoms with Crippen molar-refractivity contribution in [2.45, 2.75) is 6.42 Å².